The van der Waals surface area contributed by atoms with Crippen LogP contribution in [0.4, 0.5) is 0 Å². The van der Waals surface area contributed by atoms with E-state index in [-0.39, 0.29) is 6.33 Å². The fourth-order valence-electron chi connectivity index (χ4n) is 2.30. The summed E-state index contributed by atoms with van der Waals surface area (Å²) < 4.78 is 10.5. The minimum absolute atomic E-state index is 0.213. The van der Waals surface area contributed by atoms with Gasteiger partial charge >= 0.3 is 0 Å². The van der Waals surface area contributed by atoms with Crippen LogP contribution in [0.1, 0.15) is 12.8 Å². The molecule has 2 aromatic rings. The Morgan fingerprint density at radius 3 is 1.93 bits per heavy atom. The number of methoxy groups -OCH3 is 2. The van der Waals surface area contributed by atoms with Gasteiger partial charge in [-0.2, -0.15) is 0 Å². The summed E-state index contributed by atoms with van der Waals surface area (Å²) in [5, 5.41) is 2.79. The molecule has 1 aliphatic heterocycles. The summed E-state index contributed by atoms with van der Waals surface area (Å²) in [5.74, 6) is 2.42. The van der Waals surface area contributed by atoms with E-state index in [4.69, 9.17) is 15.2 Å². The highest BCUT2D eigenvalue weighted by molar-refractivity contribution is 9.55. The zero-order valence-electron chi connectivity index (χ0n) is 15.5. The van der Waals surface area contributed by atoms with E-state index in [0.717, 1.165) is 11.5 Å². The highest BCUT2D eigenvalue weighted by atomic mass is 33.8. The summed E-state index contributed by atoms with van der Waals surface area (Å²) in [5.41, 5.74) is 5.23. The molecule has 1 aliphatic carbocycles. The van der Waals surface area contributed by atoms with E-state index in [0.29, 0.717) is 10.9 Å². The van der Waals surface area contributed by atoms with Gasteiger partial charge in [0.25, 0.3) is 0 Å². The molecule has 1 heterocycles. The van der Waals surface area contributed by atoms with Crippen molar-refractivity contribution >= 4 is 83.1 Å². The zero-order valence-corrected chi connectivity index (χ0v) is 21.4. The normalized spacial score (nSPS) is 23.0. The molecule has 28 heavy (non-hydrogen) atoms. The minimum Gasteiger partial charge on any atom is -0.497 e. The zero-order chi connectivity index (χ0) is 20.1. The van der Waals surface area contributed by atoms with Crippen LogP contribution in [0.2, 0.25) is 0 Å². The molecule has 150 valence electrons. The summed E-state index contributed by atoms with van der Waals surface area (Å²) in [6.07, 6.45) is 2.25. The third-order valence-electron chi connectivity index (χ3n) is 4.12. The second kappa shape index (κ2) is 10.5. The Bertz CT molecular complexity index is 797. The highest BCUT2D eigenvalue weighted by Gasteiger charge is 2.60. The van der Waals surface area contributed by atoms with Gasteiger partial charge in [0.2, 0.25) is 4.87 Å². The van der Waals surface area contributed by atoms with Crippen LogP contribution in [0.15, 0.2) is 48.5 Å². The van der Waals surface area contributed by atoms with Crippen LogP contribution in [-0.4, -0.2) is 19.2 Å². The molecule has 0 atom stereocenters. The van der Waals surface area contributed by atoms with E-state index in [2.05, 4.69) is 70.1 Å². The molecule has 2 aromatic carbocycles. The van der Waals surface area contributed by atoms with Crippen molar-refractivity contribution in [3.63, 3.8) is 0 Å². The number of hydrogen-bond donors (Lipinski definition) is 2. The Kier molecular flexibility index (Phi) is 8.56. The third-order valence-corrected chi connectivity index (χ3v) is 35.9. The van der Waals surface area contributed by atoms with E-state index in [1.165, 1.54) is 23.5 Å². The Labute approximate surface area is 190 Å². The van der Waals surface area contributed by atoms with E-state index < -0.39 is 4.87 Å². The molecule has 0 spiro atoms. The van der Waals surface area contributed by atoms with Gasteiger partial charge in [0.15, 0.2) is 0 Å². The Hall–Kier alpha value is 0.190. The lowest BCUT2D eigenvalue weighted by molar-refractivity contribution is 0.415. The lowest BCUT2D eigenvalue weighted by atomic mass is 10.3. The molecule has 0 bridgehead atoms. The predicted molar refractivity (Wildman–Crippen MR) is 140 cm³/mol. The van der Waals surface area contributed by atoms with Gasteiger partial charge in [0.1, 0.15) is 33.5 Å². The lowest BCUT2D eigenvalue weighted by Crippen LogP contribution is -2.09. The molecule has 0 radical (unpaired) electrons. The number of rotatable bonds is 6. The standard InChI is InChI=1S/C14H14O2P2S4.C4H7NS/c1-15-11-3-7-13(8-4-11)17-20-18(21-17,22-19)14-9-5-12(16-2)6-10-14;5-4(6)3-1-2-3/h3-10H,1-2H3;3H,1-2H2,(H2,5,6)/p+1. The fraction of sp³-hybridized carbons (Fsp3) is 0.278. The monoisotopic (exact) mass is 506 g/mol. The Morgan fingerprint density at radius 1 is 1.07 bits per heavy atom. The number of thiol groups is 1. The van der Waals surface area contributed by atoms with Crippen LogP contribution < -0.4 is 25.8 Å². The lowest BCUT2D eigenvalue weighted by Gasteiger charge is -2.32. The number of thiocarbonyl (C=S) groups is 1. The summed E-state index contributed by atoms with van der Waals surface area (Å²) in [7, 11) is 5.11. The van der Waals surface area contributed by atoms with Gasteiger partial charge in [-0.05, 0) is 61.4 Å². The molecule has 2 aliphatic rings. The third kappa shape index (κ3) is 5.66. The van der Waals surface area contributed by atoms with E-state index in [1.54, 1.807) is 24.6 Å². The van der Waals surface area contributed by atoms with Crippen molar-refractivity contribution in [1.29, 1.82) is 0 Å². The van der Waals surface area contributed by atoms with Gasteiger partial charge < -0.3 is 15.2 Å². The molecular formula is C18H22NO2P2S5+. The van der Waals surface area contributed by atoms with Crippen molar-refractivity contribution in [3.8, 4) is 11.5 Å². The molecule has 3 nitrogen and oxygen atoms in total. The fourth-order valence-corrected chi connectivity index (χ4v) is 36.9. The number of ether oxygens (including phenoxy) is 2. The molecule has 4 rings (SSSR count). The first-order valence-corrected chi connectivity index (χ1v) is 18.6. The van der Waals surface area contributed by atoms with Crippen LogP contribution in [0.25, 0.3) is 0 Å². The molecule has 0 unspecified atom stereocenters. The van der Waals surface area contributed by atoms with Crippen molar-refractivity contribution in [2.24, 2.45) is 11.7 Å². The van der Waals surface area contributed by atoms with Crippen LogP contribution in [-0.2, 0) is 0 Å². The molecule has 1 saturated heterocycles. The second-order valence-electron chi connectivity index (χ2n) is 6.07. The van der Waals surface area contributed by atoms with Crippen molar-refractivity contribution < 1.29 is 9.47 Å². The summed E-state index contributed by atoms with van der Waals surface area (Å²) in [6.45, 7) is 0. The molecule has 0 aromatic heterocycles. The van der Waals surface area contributed by atoms with Gasteiger partial charge in [-0.1, -0.05) is 23.9 Å². The SMILES string of the molecule is COc1ccc(P2S[P+](SS)(c3ccc(OC)cc3)S2)cc1.NC(=S)C1CC1. The van der Waals surface area contributed by atoms with Gasteiger partial charge in [-0.25, -0.2) is 0 Å². The Morgan fingerprint density at radius 2 is 1.57 bits per heavy atom. The maximum absolute atomic E-state index is 5.24. The second-order valence-corrected chi connectivity index (χ2v) is 25.3. The van der Waals surface area contributed by atoms with Crippen molar-refractivity contribution in [1.82, 2.24) is 0 Å². The van der Waals surface area contributed by atoms with Crippen LogP contribution in [0.5, 0.6) is 11.5 Å². The van der Waals surface area contributed by atoms with E-state index in [1.807, 2.05) is 24.3 Å². The first kappa shape index (κ1) is 22.9. The average molecular weight is 507 g/mol. The number of nitrogens with two attached hydrogens (primary N) is 1. The molecular weight excluding hydrogens is 484 g/mol. The quantitative estimate of drug-likeness (QED) is 0.201. The summed E-state index contributed by atoms with van der Waals surface area (Å²) >= 11 is 13.4. The van der Waals surface area contributed by atoms with E-state index >= 15 is 0 Å². The Balaban J connectivity index is 0.000000320. The summed E-state index contributed by atoms with van der Waals surface area (Å²) in [6, 6.07) is 16.9. The van der Waals surface area contributed by atoms with Gasteiger partial charge in [-0.3, -0.25) is 0 Å². The maximum atomic E-state index is 5.24. The molecule has 2 fully saturated rings. The van der Waals surface area contributed by atoms with Crippen LogP contribution in [0, 0.1) is 5.92 Å². The van der Waals surface area contributed by atoms with Crippen molar-refractivity contribution in [3.05, 3.63) is 48.5 Å². The molecule has 10 heteroatoms. The molecule has 2 N–H and O–H groups in total. The van der Waals surface area contributed by atoms with Crippen molar-refractivity contribution in [2.75, 3.05) is 14.2 Å². The van der Waals surface area contributed by atoms with Crippen LogP contribution >= 0.6 is 67.5 Å². The van der Waals surface area contributed by atoms with Gasteiger partial charge in [0, 0.05) is 11.2 Å². The van der Waals surface area contributed by atoms with E-state index in [9.17, 15) is 0 Å². The van der Waals surface area contributed by atoms with Gasteiger partial charge in [0.05, 0.1) is 41.2 Å². The van der Waals surface area contributed by atoms with Crippen molar-refractivity contribution in [2.45, 2.75) is 12.8 Å². The minimum atomic E-state index is -1.32. The number of hydrogen-bond acceptors (Lipinski definition) is 7. The summed E-state index contributed by atoms with van der Waals surface area (Å²) in [4.78, 5) is -0.614. The van der Waals surface area contributed by atoms with Crippen LogP contribution in [0.3, 0.4) is 0 Å². The molecule has 1 saturated carbocycles. The highest BCUT2D eigenvalue weighted by Crippen LogP contribution is 3.10. The number of benzene rings is 2. The predicted octanol–water partition coefficient (Wildman–Crippen LogP) is 6.47. The topological polar surface area (TPSA) is 44.5 Å². The van der Waals surface area contributed by atoms with Gasteiger partial charge in [-0.15, -0.1) is 0 Å². The first-order chi connectivity index (χ1) is 13.5. The first-order valence-electron chi connectivity index (χ1n) is 8.51. The largest absolute Gasteiger partial charge is 0.497 e. The molecule has 0 amide bonds. The average Bonchev–Trinajstić information content (AvgIpc) is 3.55. The maximum Gasteiger partial charge on any atom is 0.245 e. The smallest absolute Gasteiger partial charge is 0.245 e.